The summed E-state index contributed by atoms with van der Waals surface area (Å²) in [6.07, 6.45) is 0.663. The highest BCUT2D eigenvalue weighted by Crippen LogP contribution is 2.16. The highest BCUT2D eigenvalue weighted by molar-refractivity contribution is 6.28. The first kappa shape index (κ1) is 13.9. The van der Waals surface area contributed by atoms with Gasteiger partial charge in [0.05, 0.1) is 0 Å². The van der Waals surface area contributed by atoms with Gasteiger partial charge in [-0.2, -0.15) is 15.0 Å². The van der Waals surface area contributed by atoms with Gasteiger partial charge in [0.15, 0.2) is 0 Å². The second-order valence-electron chi connectivity index (χ2n) is 3.84. The monoisotopic (exact) mass is 259 g/mol. The van der Waals surface area contributed by atoms with Gasteiger partial charge in [-0.15, -0.1) is 0 Å². The van der Waals surface area contributed by atoms with Crippen molar-refractivity contribution in [3.05, 3.63) is 5.28 Å². The first-order valence-corrected chi connectivity index (χ1v) is 5.93. The molecule has 6 nitrogen and oxygen atoms in total. The van der Waals surface area contributed by atoms with Crippen LogP contribution in [0.15, 0.2) is 0 Å². The Morgan fingerprint density at radius 1 is 1.35 bits per heavy atom. The fourth-order valence-corrected chi connectivity index (χ4v) is 1.57. The molecule has 0 saturated heterocycles. The van der Waals surface area contributed by atoms with Crippen molar-refractivity contribution in [1.29, 1.82) is 0 Å². The predicted octanol–water partition coefficient (Wildman–Crippen LogP) is 1.16. The normalized spacial score (nSPS) is 10.7. The van der Waals surface area contributed by atoms with Crippen LogP contribution in [-0.4, -0.2) is 46.3 Å². The van der Waals surface area contributed by atoms with Crippen molar-refractivity contribution in [2.45, 2.75) is 26.3 Å². The third-order valence-electron chi connectivity index (χ3n) is 2.26. The molecule has 0 unspecified atom stereocenters. The number of aliphatic hydroxyl groups excluding tert-OH is 1. The Bertz CT molecular complexity index is 361. The minimum absolute atomic E-state index is 0.140. The van der Waals surface area contributed by atoms with Crippen molar-refractivity contribution in [1.82, 2.24) is 15.0 Å². The largest absolute Gasteiger partial charge is 0.396 e. The molecular weight excluding hydrogens is 242 g/mol. The zero-order valence-electron chi connectivity index (χ0n) is 10.3. The van der Waals surface area contributed by atoms with Crippen LogP contribution < -0.4 is 10.2 Å². The number of anilines is 2. The van der Waals surface area contributed by atoms with E-state index in [4.69, 9.17) is 16.7 Å². The van der Waals surface area contributed by atoms with Gasteiger partial charge < -0.3 is 15.3 Å². The van der Waals surface area contributed by atoms with E-state index in [0.29, 0.717) is 24.9 Å². The first-order chi connectivity index (χ1) is 8.08. The molecule has 0 spiro atoms. The van der Waals surface area contributed by atoms with E-state index in [1.54, 1.807) is 7.05 Å². The molecule has 0 aliphatic heterocycles. The van der Waals surface area contributed by atoms with Gasteiger partial charge in [0.1, 0.15) is 0 Å². The molecule has 0 amide bonds. The number of halogens is 1. The van der Waals surface area contributed by atoms with Crippen LogP contribution >= 0.6 is 11.6 Å². The summed E-state index contributed by atoms with van der Waals surface area (Å²) < 4.78 is 0. The minimum Gasteiger partial charge on any atom is -0.396 e. The van der Waals surface area contributed by atoms with E-state index in [2.05, 4.69) is 20.3 Å². The smallest absolute Gasteiger partial charge is 0.231 e. The molecule has 0 aromatic carbocycles. The van der Waals surface area contributed by atoms with Gasteiger partial charge in [-0.1, -0.05) is 0 Å². The zero-order chi connectivity index (χ0) is 12.8. The first-order valence-electron chi connectivity index (χ1n) is 5.55. The Hall–Kier alpha value is -1.14. The van der Waals surface area contributed by atoms with E-state index in [1.807, 2.05) is 18.7 Å². The zero-order valence-corrected chi connectivity index (χ0v) is 11.1. The summed E-state index contributed by atoms with van der Waals surface area (Å²) >= 11 is 5.83. The highest BCUT2D eigenvalue weighted by Gasteiger charge is 2.15. The fraction of sp³-hybridized carbons (Fsp3) is 0.700. The number of aromatic nitrogens is 3. The van der Waals surface area contributed by atoms with E-state index in [-0.39, 0.29) is 17.9 Å². The van der Waals surface area contributed by atoms with Crippen LogP contribution in [0.3, 0.4) is 0 Å². The molecule has 0 atom stereocenters. The molecule has 0 saturated carbocycles. The van der Waals surface area contributed by atoms with Crippen LogP contribution in [0, 0.1) is 0 Å². The van der Waals surface area contributed by atoms with Crippen molar-refractivity contribution < 1.29 is 5.11 Å². The quantitative estimate of drug-likeness (QED) is 0.799. The van der Waals surface area contributed by atoms with Gasteiger partial charge in [0, 0.05) is 26.2 Å². The van der Waals surface area contributed by atoms with Crippen LogP contribution in [-0.2, 0) is 0 Å². The minimum atomic E-state index is 0.140. The van der Waals surface area contributed by atoms with Crippen molar-refractivity contribution in [3.63, 3.8) is 0 Å². The number of nitrogens with one attached hydrogen (secondary N) is 1. The number of rotatable bonds is 6. The second kappa shape index (κ2) is 6.56. The topological polar surface area (TPSA) is 74.2 Å². The molecule has 17 heavy (non-hydrogen) atoms. The predicted molar refractivity (Wildman–Crippen MR) is 68.6 cm³/mol. The molecule has 0 bridgehead atoms. The van der Waals surface area contributed by atoms with Crippen molar-refractivity contribution in [2.24, 2.45) is 0 Å². The van der Waals surface area contributed by atoms with Crippen molar-refractivity contribution in [2.75, 3.05) is 30.4 Å². The number of hydrogen-bond acceptors (Lipinski definition) is 6. The fourth-order valence-electron chi connectivity index (χ4n) is 1.41. The molecule has 1 rings (SSSR count). The van der Waals surface area contributed by atoms with Crippen LogP contribution in [0.2, 0.25) is 5.28 Å². The average Bonchev–Trinajstić information content (AvgIpc) is 2.28. The van der Waals surface area contributed by atoms with Gasteiger partial charge >= 0.3 is 0 Å². The lowest BCUT2D eigenvalue weighted by atomic mass is 10.3. The number of aliphatic hydroxyl groups is 1. The maximum Gasteiger partial charge on any atom is 0.231 e. The van der Waals surface area contributed by atoms with Gasteiger partial charge in [-0.25, -0.2) is 0 Å². The van der Waals surface area contributed by atoms with E-state index in [1.165, 1.54) is 0 Å². The SMILES string of the molecule is CNc1nc(Cl)nc(N(CCCO)C(C)C)n1. The van der Waals surface area contributed by atoms with Crippen LogP contribution in [0.1, 0.15) is 20.3 Å². The summed E-state index contributed by atoms with van der Waals surface area (Å²) in [5, 5.41) is 11.9. The standard InChI is InChI=1S/C10H18ClN5O/c1-7(2)16(5-4-6-17)10-14-8(11)13-9(12-3)15-10/h7,17H,4-6H2,1-3H3,(H,12,13,14,15). The molecule has 0 aliphatic rings. The summed E-state index contributed by atoms with van der Waals surface area (Å²) in [7, 11) is 1.73. The van der Waals surface area contributed by atoms with E-state index < -0.39 is 0 Å². The Balaban J connectivity index is 2.96. The Labute approximate surface area is 106 Å². The molecule has 1 aromatic rings. The third-order valence-corrected chi connectivity index (χ3v) is 2.43. The Morgan fingerprint density at radius 3 is 2.59 bits per heavy atom. The van der Waals surface area contributed by atoms with Gasteiger partial charge in [-0.05, 0) is 31.9 Å². The number of nitrogens with zero attached hydrogens (tertiary/aromatic N) is 4. The van der Waals surface area contributed by atoms with E-state index >= 15 is 0 Å². The maximum absolute atomic E-state index is 8.88. The molecule has 0 radical (unpaired) electrons. The molecule has 2 N–H and O–H groups in total. The molecule has 7 heteroatoms. The molecule has 0 fully saturated rings. The summed E-state index contributed by atoms with van der Waals surface area (Å²) in [6.45, 7) is 4.89. The van der Waals surface area contributed by atoms with Gasteiger partial charge in [0.2, 0.25) is 17.2 Å². The Morgan fingerprint density at radius 2 is 2.06 bits per heavy atom. The number of hydrogen-bond donors (Lipinski definition) is 2. The summed E-state index contributed by atoms with van der Waals surface area (Å²) in [5.41, 5.74) is 0. The molecule has 0 aliphatic carbocycles. The third kappa shape index (κ3) is 3.98. The second-order valence-corrected chi connectivity index (χ2v) is 4.18. The molecule has 1 heterocycles. The summed E-state index contributed by atoms with van der Waals surface area (Å²) in [5.74, 6) is 0.965. The van der Waals surface area contributed by atoms with Crippen LogP contribution in [0.5, 0.6) is 0 Å². The van der Waals surface area contributed by atoms with E-state index in [0.717, 1.165) is 0 Å². The highest BCUT2D eigenvalue weighted by atomic mass is 35.5. The van der Waals surface area contributed by atoms with Crippen LogP contribution in [0.25, 0.3) is 0 Å². The summed E-state index contributed by atoms with van der Waals surface area (Å²) in [6, 6.07) is 0.227. The Kier molecular flexibility index (Phi) is 5.37. The van der Waals surface area contributed by atoms with Crippen LogP contribution in [0.4, 0.5) is 11.9 Å². The lowest BCUT2D eigenvalue weighted by Crippen LogP contribution is -2.34. The lowest BCUT2D eigenvalue weighted by molar-refractivity contribution is 0.288. The average molecular weight is 260 g/mol. The lowest BCUT2D eigenvalue weighted by Gasteiger charge is -2.26. The molecule has 1 aromatic heterocycles. The van der Waals surface area contributed by atoms with Crippen molar-refractivity contribution >= 4 is 23.5 Å². The molecule has 96 valence electrons. The summed E-state index contributed by atoms with van der Waals surface area (Å²) in [4.78, 5) is 14.3. The van der Waals surface area contributed by atoms with Gasteiger partial charge in [-0.3, -0.25) is 0 Å². The van der Waals surface area contributed by atoms with Crippen molar-refractivity contribution in [3.8, 4) is 0 Å². The van der Waals surface area contributed by atoms with Gasteiger partial charge in [0.25, 0.3) is 0 Å². The van der Waals surface area contributed by atoms with E-state index in [9.17, 15) is 0 Å². The maximum atomic E-state index is 8.88. The molecular formula is C10H18ClN5O.